The van der Waals surface area contributed by atoms with Gasteiger partial charge in [-0.05, 0) is 51.8 Å². The first kappa shape index (κ1) is 16.1. The van der Waals surface area contributed by atoms with Crippen LogP contribution < -0.4 is 5.32 Å². The Hall–Kier alpha value is -1.00. The van der Waals surface area contributed by atoms with Crippen LogP contribution in [0.25, 0.3) is 0 Å². The van der Waals surface area contributed by atoms with Crippen molar-refractivity contribution in [2.45, 2.75) is 47.6 Å². The van der Waals surface area contributed by atoms with Gasteiger partial charge in [-0.1, -0.05) is 13.8 Å². The molecule has 0 amide bonds. The van der Waals surface area contributed by atoms with Crippen molar-refractivity contribution in [2.75, 3.05) is 19.7 Å². The van der Waals surface area contributed by atoms with Gasteiger partial charge in [0.25, 0.3) is 0 Å². The summed E-state index contributed by atoms with van der Waals surface area (Å²) in [7, 11) is 0. The summed E-state index contributed by atoms with van der Waals surface area (Å²) >= 11 is 0. The molecule has 0 unspecified atom stereocenters. The standard InChI is InChI=1S/C15H27N3O/c1-6-19-10-15-17-12(4)14(13(5)18-15)7-8-16-9-11(2)3/h11,16H,6-10H2,1-5H3. The molecule has 0 radical (unpaired) electrons. The Morgan fingerprint density at radius 1 is 1.16 bits per heavy atom. The van der Waals surface area contributed by atoms with E-state index >= 15 is 0 Å². The molecule has 0 atom stereocenters. The summed E-state index contributed by atoms with van der Waals surface area (Å²) < 4.78 is 5.36. The van der Waals surface area contributed by atoms with Crippen molar-refractivity contribution < 1.29 is 4.74 Å². The molecule has 1 heterocycles. The number of aromatic nitrogens is 2. The molecule has 1 aromatic heterocycles. The van der Waals surface area contributed by atoms with E-state index in [2.05, 4.69) is 43.0 Å². The quantitative estimate of drug-likeness (QED) is 0.733. The molecule has 1 aromatic rings. The van der Waals surface area contributed by atoms with Crippen LogP contribution in [0.1, 0.15) is 43.5 Å². The lowest BCUT2D eigenvalue weighted by Gasteiger charge is -2.12. The summed E-state index contributed by atoms with van der Waals surface area (Å²) in [4.78, 5) is 9.04. The van der Waals surface area contributed by atoms with Gasteiger partial charge >= 0.3 is 0 Å². The lowest BCUT2D eigenvalue weighted by Crippen LogP contribution is -2.23. The molecule has 0 bridgehead atoms. The van der Waals surface area contributed by atoms with E-state index in [0.717, 1.165) is 36.7 Å². The molecule has 4 nitrogen and oxygen atoms in total. The maximum atomic E-state index is 5.36. The van der Waals surface area contributed by atoms with Gasteiger partial charge in [-0.2, -0.15) is 0 Å². The second-order valence-corrected chi connectivity index (χ2v) is 5.27. The van der Waals surface area contributed by atoms with Crippen LogP contribution in [0, 0.1) is 19.8 Å². The number of ether oxygens (including phenoxy) is 1. The highest BCUT2D eigenvalue weighted by molar-refractivity contribution is 5.24. The van der Waals surface area contributed by atoms with E-state index in [0.29, 0.717) is 19.1 Å². The first-order valence-corrected chi connectivity index (χ1v) is 7.16. The second kappa shape index (κ2) is 8.23. The van der Waals surface area contributed by atoms with Gasteiger partial charge in [0.2, 0.25) is 0 Å². The van der Waals surface area contributed by atoms with E-state index in [9.17, 15) is 0 Å². The van der Waals surface area contributed by atoms with E-state index in [4.69, 9.17) is 4.74 Å². The van der Waals surface area contributed by atoms with Crippen LogP contribution in [-0.4, -0.2) is 29.7 Å². The monoisotopic (exact) mass is 265 g/mol. The number of nitrogens with one attached hydrogen (secondary N) is 1. The Morgan fingerprint density at radius 2 is 1.79 bits per heavy atom. The minimum Gasteiger partial charge on any atom is -0.374 e. The van der Waals surface area contributed by atoms with Crippen molar-refractivity contribution >= 4 is 0 Å². The average Bonchev–Trinajstić information content (AvgIpc) is 2.34. The zero-order valence-corrected chi connectivity index (χ0v) is 12.9. The third-order valence-corrected chi connectivity index (χ3v) is 3.01. The molecule has 108 valence electrons. The molecule has 0 spiro atoms. The number of rotatable bonds is 8. The van der Waals surface area contributed by atoms with E-state index in [-0.39, 0.29) is 0 Å². The van der Waals surface area contributed by atoms with Crippen LogP contribution in [0.5, 0.6) is 0 Å². The van der Waals surface area contributed by atoms with Crippen LogP contribution >= 0.6 is 0 Å². The van der Waals surface area contributed by atoms with E-state index in [1.165, 1.54) is 5.56 Å². The summed E-state index contributed by atoms with van der Waals surface area (Å²) in [5, 5.41) is 3.46. The minimum atomic E-state index is 0.504. The Labute approximate surface area is 117 Å². The molecule has 0 aromatic carbocycles. The molecule has 1 rings (SSSR count). The van der Waals surface area contributed by atoms with E-state index in [1.54, 1.807) is 0 Å². The van der Waals surface area contributed by atoms with Gasteiger partial charge < -0.3 is 10.1 Å². The molecule has 0 saturated heterocycles. The predicted molar refractivity (Wildman–Crippen MR) is 78.2 cm³/mol. The zero-order chi connectivity index (χ0) is 14.3. The Kier molecular flexibility index (Phi) is 6.95. The number of nitrogens with zero attached hydrogens (tertiary/aromatic N) is 2. The average molecular weight is 265 g/mol. The summed E-state index contributed by atoms with van der Waals surface area (Å²) in [5.41, 5.74) is 3.42. The van der Waals surface area contributed by atoms with Crippen molar-refractivity contribution in [2.24, 2.45) is 5.92 Å². The van der Waals surface area contributed by atoms with Gasteiger partial charge in [0.15, 0.2) is 5.82 Å². The number of hydrogen-bond acceptors (Lipinski definition) is 4. The Balaban J connectivity index is 2.58. The van der Waals surface area contributed by atoms with E-state index < -0.39 is 0 Å². The lowest BCUT2D eigenvalue weighted by atomic mass is 10.1. The minimum absolute atomic E-state index is 0.504. The van der Waals surface area contributed by atoms with Gasteiger partial charge in [0.1, 0.15) is 6.61 Å². The van der Waals surface area contributed by atoms with Crippen LogP contribution in [0.2, 0.25) is 0 Å². The maximum absolute atomic E-state index is 5.36. The van der Waals surface area contributed by atoms with Crippen LogP contribution in [0.4, 0.5) is 0 Å². The molecule has 4 heteroatoms. The molecule has 1 N–H and O–H groups in total. The Morgan fingerprint density at radius 3 is 2.32 bits per heavy atom. The van der Waals surface area contributed by atoms with Gasteiger partial charge in [0.05, 0.1) is 0 Å². The van der Waals surface area contributed by atoms with Crippen LogP contribution in [0.15, 0.2) is 0 Å². The maximum Gasteiger partial charge on any atom is 0.154 e. The SMILES string of the molecule is CCOCc1nc(C)c(CCNCC(C)C)c(C)n1. The second-order valence-electron chi connectivity index (χ2n) is 5.27. The fourth-order valence-electron chi connectivity index (χ4n) is 2.03. The van der Waals surface area contributed by atoms with Gasteiger partial charge in [0, 0.05) is 18.0 Å². The number of hydrogen-bond donors (Lipinski definition) is 1. The highest BCUT2D eigenvalue weighted by Gasteiger charge is 2.08. The molecular weight excluding hydrogens is 238 g/mol. The first-order valence-electron chi connectivity index (χ1n) is 7.16. The predicted octanol–water partition coefficient (Wildman–Crippen LogP) is 2.42. The molecule has 0 fully saturated rings. The topological polar surface area (TPSA) is 47.0 Å². The third kappa shape index (κ3) is 5.66. The number of aryl methyl sites for hydroxylation is 2. The largest absolute Gasteiger partial charge is 0.374 e. The van der Waals surface area contributed by atoms with Crippen LogP contribution in [-0.2, 0) is 17.8 Å². The van der Waals surface area contributed by atoms with Gasteiger partial charge in [-0.15, -0.1) is 0 Å². The molecule has 19 heavy (non-hydrogen) atoms. The zero-order valence-electron chi connectivity index (χ0n) is 12.9. The van der Waals surface area contributed by atoms with Crippen LogP contribution in [0.3, 0.4) is 0 Å². The molecule has 0 aliphatic carbocycles. The molecule has 0 saturated carbocycles. The van der Waals surface area contributed by atoms with Crippen molar-refractivity contribution in [1.82, 2.24) is 15.3 Å². The van der Waals surface area contributed by atoms with Crippen molar-refractivity contribution in [3.63, 3.8) is 0 Å². The van der Waals surface area contributed by atoms with Gasteiger partial charge in [-0.25, -0.2) is 9.97 Å². The van der Waals surface area contributed by atoms with Crippen molar-refractivity contribution in [3.05, 3.63) is 22.8 Å². The third-order valence-electron chi connectivity index (χ3n) is 3.01. The Bertz CT molecular complexity index is 368. The highest BCUT2D eigenvalue weighted by Crippen LogP contribution is 2.11. The molecular formula is C15H27N3O. The summed E-state index contributed by atoms with van der Waals surface area (Å²) in [5.74, 6) is 1.47. The fraction of sp³-hybridized carbons (Fsp3) is 0.733. The summed E-state index contributed by atoms with van der Waals surface area (Å²) in [6.07, 6.45) is 0.985. The highest BCUT2D eigenvalue weighted by atomic mass is 16.5. The lowest BCUT2D eigenvalue weighted by molar-refractivity contribution is 0.128. The molecule has 0 aliphatic rings. The normalized spacial score (nSPS) is 11.3. The summed E-state index contributed by atoms with van der Waals surface area (Å²) in [6, 6.07) is 0. The first-order chi connectivity index (χ1) is 9.04. The smallest absolute Gasteiger partial charge is 0.154 e. The van der Waals surface area contributed by atoms with Crippen molar-refractivity contribution in [1.29, 1.82) is 0 Å². The fourth-order valence-corrected chi connectivity index (χ4v) is 2.03. The van der Waals surface area contributed by atoms with Crippen molar-refractivity contribution in [3.8, 4) is 0 Å². The van der Waals surface area contributed by atoms with Gasteiger partial charge in [-0.3, -0.25) is 0 Å². The summed E-state index contributed by atoms with van der Waals surface area (Å²) in [6.45, 7) is 13.8. The van der Waals surface area contributed by atoms with E-state index in [1.807, 2.05) is 6.92 Å². The molecule has 0 aliphatic heterocycles.